The molecule has 3 aromatic rings. The highest BCUT2D eigenvalue weighted by atomic mass is 35.5. The van der Waals surface area contributed by atoms with Gasteiger partial charge in [-0.2, -0.15) is 0 Å². The lowest BCUT2D eigenvalue weighted by molar-refractivity contribution is 0.0525. The molecule has 0 aliphatic carbocycles. The normalized spacial score (nSPS) is 11.7. The fraction of sp³-hybridized carbons (Fsp3) is 0.296. The molecule has 11 nitrogen and oxygen atoms in total. The third-order valence-corrected chi connectivity index (χ3v) is 6.16. The Kier molecular flexibility index (Phi) is 10.6. The zero-order valence-corrected chi connectivity index (χ0v) is 24.0. The van der Waals surface area contributed by atoms with E-state index in [0.29, 0.717) is 16.3 Å². The Morgan fingerprint density at radius 2 is 1.80 bits per heavy atom. The van der Waals surface area contributed by atoms with Crippen LogP contribution in [0.4, 0.5) is 16.3 Å². The molecular formula is C27H30ClN5O6S. The van der Waals surface area contributed by atoms with Crippen LogP contribution in [0.1, 0.15) is 48.0 Å². The lowest BCUT2D eigenvalue weighted by Crippen LogP contribution is -2.33. The summed E-state index contributed by atoms with van der Waals surface area (Å²) in [5, 5.41) is 8.36. The topological polar surface area (TPSA) is 149 Å². The van der Waals surface area contributed by atoms with Crippen molar-refractivity contribution in [2.24, 2.45) is 0 Å². The Morgan fingerprint density at radius 3 is 2.48 bits per heavy atom. The summed E-state index contributed by atoms with van der Waals surface area (Å²) in [4.78, 5) is 46.6. The number of ether oxygens (including phenoxy) is 2. The second kappa shape index (κ2) is 13.9. The highest BCUT2D eigenvalue weighted by molar-refractivity contribution is 7.84. The van der Waals surface area contributed by atoms with Crippen molar-refractivity contribution >= 4 is 51.8 Å². The van der Waals surface area contributed by atoms with Crippen LogP contribution in [0.5, 0.6) is 5.75 Å². The summed E-state index contributed by atoms with van der Waals surface area (Å²) in [6, 6.07) is 10.8. The molecule has 40 heavy (non-hydrogen) atoms. The van der Waals surface area contributed by atoms with E-state index in [-0.39, 0.29) is 41.7 Å². The molecule has 0 aliphatic rings. The molecular weight excluding hydrogens is 558 g/mol. The second-order valence-corrected chi connectivity index (χ2v) is 11.2. The van der Waals surface area contributed by atoms with Gasteiger partial charge in [0.2, 0.25) is 0 Å². The van der Waals surface area contributed by atoms with E-state index in [9.17, 15) is 18.6 Å². The molecule has 3 rings (SSSR count). The van der Waals surface area contributed by atoms with Crippen LogP contribution < -0.4 is 20.7 Å². The maximum atomic E-state index is 13.3. The van der Waals surface area contributed by atoms with Crippen molar-refractivity contribution < 1.29 is 28.1 Å². The number of hydrogen-bond acceptors (Lipinski definition) is 8. The van der Waals surface area contributed by atoms with E-state index in [0.717, 1.165) is 0 Å². The van der Waals surface area contributed by atoms with Gasteiger partial charge in [-0.1, -0.05) is 11.6 Å². The van der Waals surface area contributed by atoms with Crippen LogP contribution in [-0.4, -0.2) is 57.1 Å². The Hall–Kier alpha value is -4.03. The van der Waals surface area contributed by atoms with Gasteiger partial charge in [-0.05, 0) is 69.7 Å². The first-order valence-electron chi connectivity index (χ1n) is 12.2. The van der Waals surface area contributed by atoms with Crippen molar-refractivity contribution in [2.45, 2.75) is 37.7 Å². The molecule has 0 saturated heterocycles. The fourth-order valence-corrected chi connectivity index (χ4v) is 3.89. The second-order valence-electron chi connectivity index (χ2n) is 9.41. The Labute approximate surface area is 239 Å². The van der Waals surface area contributed by atoms with Crippen molar-refractivity contribution in [3.8, 4) is 5.75 Å². The molecule has 3 amide bonds. The first-order chi connectivity index (χ1) is 18.9. The number of anilines is 2. The number of carbonyl (C=O) groups is 3. The molecule has 0 aliphatic heterocycles. The van der Waals surface area contributed by atoms with E-state index in [4.69, 9.17) is 21.1 Å². The van der Waals surface area contributed by atoms with Gasteiger partial charge < -0.3 is 25.4 Å². The summed E-state index contributed by atoms with van der Waals surface area (Å²) in [6.45, 7) is 5.75. The average Bonchev–Trinajstić information content (AvgIpc) is 2.89. The molecule has 2 aromatic heterocycles. The van der Waals surface area contributed by atoms with Gasteiger partial charge in [0.15, 0.2) is 5.69 Å². The van der Waals surface area contributed by atoms with Crippen LogP contribution in [0.3, 0.4) is 0 Å². The van der Waals surface area contributed by atoms with Gasteiger partial charge in [-0.25, -0.2) is 14.8 Å². The zero-order chi connectivity index (χ0) is 29.3. The largest absolute Gasteiger partial charge is 0.493 e. The lowest BCUT2D eigenvalue weighted by atomic mass is 10.1. The summed E-state index contributed by atoms with van der Waals surface area (Å²) >= 11 is 5.84. The van der Waals surface area contributed by atoms with E-state index < -0.39 is 34.3 Å². The van der Waals surface area contributed by atoms with Crippen molar-refractivity contribution in [1.82, 2.24) is 15.3 Å². The molecule has 2 heterocycles. The summed E-state index contributed by atoms with van der Waals surface area (Å²) in [6.07, 6.45) is 4.20. The SMILES string of the molecule is CS(=O)c1ccc(C(=O)Nc2cccnc2C(=O)Nc2ccc(Cl)cn2)c(OCCCNC(=O)OC(C)(C)C)c1. The van der Waals surface area contributed by atoms with E-state index >= 15 is 0 Å². The Morgan fingerprint density at radius 1 is 1.02 bits per heavy atom. The van der Waals surface area contributed by atoms with Crippen LogP contribution in [0.2, 0.25) is 5.02 Å². The number of amides is 3. The highest BCUT2D eigenvalue weighted by Crippen LogP contribution is 2.25. The molecule has 1 atom stereocenters. The average molecular weight is 588 g/mol. The third-order valence-electron chi connectivity index (χ3n) is 5.02. The van der Waals surface area contributed by atoms with Gasteiger partial charge in [-0.15, -0.1) is 0 Å². The maximum Gasteiger partial charge on any atom is 0.407 e. The summed E-state index contributed by atoms with van der Waals surface area (Å²) in [7, 11) is -1.32. The number of pyridine rings is 2. The van der Waals surface area contributed by atoms with E-state index in [1.807, 2.05) is 0 Å². The first kappa shape index (κ1) is 30.5. The van der Waals surface area contributed by atoms with E-state index in [2.05, 4.69) is 25.9 Å². The zero-order valence-electron chi connectivity index (χ0n) is 22.4. The number of nitrogens with zero attached hydrogens (tertiary/aromatic N) is 2. The summed E-state index contributed by atoms with van der Waals surface area (Å²) in [5.41, 5.74) is -0.325. The number of hydrogen-bond donors (Lipinski definition) is 3. The molecule has 1 aromatic carbocycles. The number of carbonyl (C=O) groups excluding carboxylic acids is 3. The minimum Gasteiger partial charge on any atom is -0.493 e. The molecule has 1 unspecified atom stereocenters. The highest BCUT2D eigenvalue weighted by Gasteiger charge is 2.20. The number of halogens is 1. The molecule has 0 radical (unpaired) electrons. The molecule has 212 valence electrons. The molecule has 0 bridgehead atoms. The van der Waals surface area contributed by atoms with Crippen LogP contribution in [0.15, 0.2) is 59.8 Å². The maximum absolute atomic E-state index is 13.3. The van der Waals surface area contributed by atoms with Crippen molar-refractivity contribution in [3.63, 3.8) is 0 Å². The predicted octanol–water partition coefficient (Wildman–Crippen LogP) is 4.67. The molecule has 3 N–H and O–H groups in total. The van der Waals surface area contributed by atoms with E-state index in [1.54, 1.807) is 39.0 Å². The van der Waals surface area contributed by atoms with Crippen molar-refractivity contribution in [2.75, 3.05) is 30.0 Å². The first-order valence-corrected chi connectivity index (χ1v) is 14.1. The van der Waals surface area contributed by atoms with Crippen molar-refractivity contribution in [3.05, 3.63) is 71.1 Å². The van der Waals surface area contributed by atoms with Crippen LogP contribution in [-0.2, 0) is 15.5 Å². The number of rotatable bonds is 10. The van der Waals surface area contributed by atoms with Crippen molar-refractivity contribution in [1.29, 1.82) is 0 Å². The molecule has 0 saturated carbocycles. The molecule has 13 heteroatoms. The van der Waals surface area contributed by atoms with Gasteiger partial charge >= 0.3 is 6.09 Å². The number of alkyl carbamates (subject to hydrolysis) is 1. The van der Waals surface area contributed by atoms with Gasteiger partial charge in [0.25, 0.3) is 11.8 Å². The number of benzene rings is 1. The Bertz CT molecular complexity index is 1390. The van der Waals surface area contributed by atoms with Crippen LogP contribution >= 0.6 is 11.6 Å². The van der Waals surface area contributed by atoms with Crippen LogP contribution in [0.25, 0.3) is 0 Å². The van der Waals surface area contributed by atoms with Gasteiger partial charge in [0, 0.05) is 40.9 Å². The smallest absolute Gasteiger partial charge is 0.407 e. The quantitative estimate of drug-likeness (QED) is 0.290. The molecule has 0 fully saturated rings. The number of nitrogens with one attached hydrogen (secondary N) is 3. The van der Waals surface area contributed by atoms with Gasteiger partial charge in [0.1, 0.15) is 17.2 Å². The minimum atomic E-state index is -1.32. The van der Waals surface area contributed by atoms with E-state index in [1.165, 1.54) is 42.9 Å². The lowest BCUT2D eigenvalue weighted by Gasteiger charge is -2.19. The van der Waals surface area contributed by atoms with Gasteiger partial charge in [-0.3, -0.25) is 13.8 Å². The summed E-state index contributed by atoms with van der Waals surface area (Å²) in [5.74, 6) is -0.696. The monoisotopic (exact) mass is 587 g/mol. The number of aromatic nitrogens is 2. The molecule has 0 spiro atoms. The standard InChI is InChI=1S/C27H30ClN5O6S/c1-27(2,3)39-26(36)30-13-6-14-38-21-15-18(40(4)37)9-10-19(21)24(34)32-20-7-5-12-29-23(20)25(35)33-22-11-8-17(28)16-31-22/h5,7-12,15-16H,6,13-14H2,1-4H3,(H,30,36)(H,32,34)(H,31,33,35). The predicted molar refractivity (Wildman–Crippen MR) is 153 cm³/mol. The fourth-order valence-electron chi connectivity index (χ4n) is 3.25. The Balaban J connectivity index is 1.71. The summed E-state index contributed by atoms with van der Waals surface area (Å²) < 4.78 is 23.1. The van der Waals surface area contributed by atoms with Crippen LogP contribution in [0, 0.1) is 0 Å². The minimum absolute atomic E-state index is 0.0328. The van der Waals surface area contributed by atoms with Gasteiger partial charge in [0.05, 0.1) is 22.9 Å². The third kappa shape index (κ3) is 9.31.